The van der Waals surface area contributed by atoms with Gasteiger partial charge in [-0.15, -0.1) is 0 Å². The molecule has 0 heterocycles. The van der Waals surface area contributed by atoms with E-state index in [2.05, 4.69) is 12.3 Å². The molecule has 0 unspecified atom stereocenters. The Balaban J connectivity index is 2.35. The lowest BCUT2D eigenvalue weighted by Crippen LogP contribution is -2.56. The van der Waals surface area contributed by atoms with Gasteiger partial charge in [0.1, 0.15) is 0 Å². The molecule has 2 amide bonds. The Kier molecular flexibility index (Phi) is 6.32. The molecular weight excluding hydrogens is 360 g/mol. The van der Waals surface area contributed by atoms with Gasteiger partial charge in [-0.3, -0.25) is 15.0 Å². The molecule has 1 N–H and O–H groups in total. The van der Waals surface area contributed by atoms with Gasteiger partial charge in [0, 0.05) is 5.56 Å². The lowest BCUT2D eigenvalue weighted by molar-refractivity contribution is 0.0358. The van der Waals surface area contributed by atoms with Gasteiger partial charge in [-0.05, 0) is 75.9 Å². The summed E-state index contributed by atoms with van der Waals surface area (Å²) in [5.74, 6) is -0.667. The highest BCUT2D eigenvalue weighted by Gasteiger charge is 2.31. The summed E-state index contributed by atoms with van der Waals surface area (Å²) in [5.41, 5.74) is 5.93. The van der Waals surface area contributed by atoms with Gasteiger partial charge in [-0.2, -0.15) is 0 Å². The third-order valence-electron chi connectivity index (χ3n) is 4.34. The molecule has 144 valence electrons. The number of amides is 2. The first-order chi connectivity index (χ1) is 12.5. The van der Waals surface area contributed by atoms with E-state index >= 15 is 0 Å². The summed E-state index contributed by atoms with van der Waals surface area (Å²) in [6, 6.07) is 11.0. The summed E-state index contributed by atoms with van der Waals surface area (Å²) in [5, 5.41) is 1.75. The summed E-state index contributed by atoms with van der Waals surface area (Å²) in [6.07, 6.45) is 0.902. The van der Waals surface area contributed by atoms with E-state index in [4.69, 9.17) is 11.6 Å². The summed E-state index contributed by atoms with van der Waals surface area (Å²) >= 11 is 6.38. The molecule has 0 aliphatic rings. The van der Waals surface area contributed by atoms with E-state index in [-0.39, 0.29) is 11.8 Å². The first kappa shape index (κ1) is 21.0. The van der Waals surface area contributed by atoms with Crippen molar-refractivity contribution in [3.8, 4) is 0 Å². The van der Waals surface area contributed by atoms with Crippen LogP contribution in [0.1, 0.15) is 65.1 Å². The summed E-state index contributed by atoms with van der Waals surface area (Å²) in [6.45, 7) is 11.4. The van der Waals surface area contributed by atoms with Crippen molar-refractivity contribution in [1.29, 1.82) is 0 Å². The number of benzene rings is 2. The van der Waals surface area contributed by atoms with E-state index < -0.39 is 5.54 Å². The van der Waals surface area contributed by atoms with Crippen molar-refractivity contribution in [2.45, 2.75) is 53.5 Å². The Bertz CT molecular complexity index is 852. The van der Waals surface area contributed by atoms with Crippen molar-refractivity contribution in [2.24, 2.45) is 0 Å². The minimum Gasteiger partial charge on any atom is -0.267 e. The van der Waals surface area contributed by atoms with Crippen LogP contribution in [0.2, 0.25) is 5.02 Å². The molecule has 2 rings (SSSR count). The fourth-order valence-electron chi connectivity index (χ4n) is 2.81. The number of carbonyl (C=O) groups is 2. The average molecular weight is 387 g/mol. The predicted octanol–water partition coefficient (Wildman–Crippen LogP) is 5.10. The Morgan fingerprint density at radius 1 is 1.07 bits per heavy atom. The number of rotatable bonds is 3. The smallest absolute Gasteiger partial charge is 0.267 e. The number of hydrogen-bond acceptors (Lipinski definition) is 2. The summed E-state index contributed by atoms with van der Waals surface area (Å²) in [4.78, 5) is 25.9. The van der Waals surface area contributed by atoms with Crippen LogP contribution in [0.5, 0.6) is 0 Å². The van der Waals surface area contributed by atoms with Crippen molar-refractivity contribution in [2.75, 3.05) is 0 Å². The molecule has 27 heavy (non-hydrogen) atoms. The third-order valence-corrected chi connectivity index (χ3v) is 4.84. The quantitative estimate of drug-likeness (QED) is 0.745. The minimum absolute atomic E-state index is 0.332. The second-order valence-electron chi connectivity index (χ2n) is 7.75. The highest BCUT2D eigenvalue weighted by molar-refractivity contribution is 6.34. The van der Waals surface area contributed by atoms with Crippen molar-refractivity contribution < 1.29 is 9.59 Å². The molecule has 0 bridgehead atoms. The van der Waals surface area contributed by atoms with Crippen LogP contribution < -0.4 is 5.43 Å². The Morgan fingerprint density at radius 2 is 1.67 bits per heavy atom. The lowest BCUT2D eigenvalue weighted by atomic mass is 10.0. The summed E-state index contributed by atoms with van der Waals surface area (Å²) in [7, 11) is 0. The second-order valence-corrected chi connectivity index (χ2v) is 8.12. The number of nitrogens with zero attached hydrogens (tertiary/aromatic N) is 1. The van der Waals surface area contributed by atoms with Crippen LogP contribution >= 0.6 is 11.6 Å². The summed E-state index contributed by atoms with van der Waals surface area (Å²) < 4.78 is 0. The molecular formula is C22H27ClN2O2. The standard InChI is InChI=1S/C22H27ClN2O2/c1-7-16-8-10-17(11-9-16)20(26)24-25(22(4,5)6)21(27)18-13-14(2)12-15(3)19(18)23/h8-13H,7H2,1-6H3,(H,24,26). The first-order valence-corrected chi connectivity index (χ1v) is 9.43. The zero-order valence-electron chi connectivity index (χ0n) is 16.8. The van der Waals surface area contributed by atoms with Crippen molar-refractivity contribution in [3.05, 3.63) is 69.2 Å². The largest absolute Gasteiger partial charge is 0.274 e. The Labute approximate surface area is 166 Å². The fourth-order valence-corrected chi connectivity index (χ4v) is 3.00. The van der Waals surface area contributed by atoms with Gasteiger partial charge in [0.25, 0.3) is 11.8 Å². The maximum Gasteiger partial charge on any atom is 0.274 e. The predicted molar refractivity (Wildman–Crippen MR) is 110 cm³/mol. The maximum atomic E-state index is 13.2. The SMILES string of the molecule is CCc1ccc(C(=O)NN(C(=O)c2cc(C)cc(C)c2Cl)C(C)(C)C)cc1. The van der Waals surface area contributed by atoms with Gasteiger partial charge in [-0.1, -0.05) is 36.7 Å². The van der Waals surface area contributed by atoms with Gasteiger partial charge in [0.2, 0.25) is 0 Å². The molecule has 0 saturated carbocycles. The molecule has 0 atom stereocenters. The van der Waals surface area contributed by atoms with Crippen LogP contribution in [0, 0.1) is 13.8 Å². The van der Waals surface area contributed by atoms with Crippen LogP contribution in [0.3, 0.4) is 0 Å². The van der Waals surface area contributed by atoms with Crippen LogP contribution in [0.15, 0.2) is 36.4 Å². The van der Waals surface area contributed by atoms with E-state index in [0.29, 0.717) is 16.1 Å². The normalized spacial score (nSPS) is 11.2. The molecule has 0 radical (unpaired) electrons. The average Bonchev–Trinajstić information content (AvgIpc) is 2.61. The number of halogens is 1. The Morgan fingerprint density at radius 3 is 2.19 bits per heavy atom. The lowest BCUT2D eigenvalue weighted by Gasteiger charge is -2.35. The van der Waals surface area contributed by atoms with Crippen LogP contribution in [0.25, 0.3) is 0 Å². The van der Waals surface area contributed by atoms with E-state index in [9.17, 15) is 9.59 Å². The monoisotopic (exact) mass is 386 g/mol. The highest BCUT2D eigenvalue weighted by Crippen LogP contribution is 2.26. The maximum absolute atomic E-state index is 13.2. The zero-order chi connectivity index (χ0) is 20.4. The van der Waals surface area contributed by atoms with E-state index in [1.807, 2.05) is 52.8 Å². The molecule has 4 nitrogen and oxygen atoms in total. The topological polar surface area (TPSA) is 49.4 Å². The van der Waals surface area contributed by atoms with Crippen LogP contribution in [0.4, 0.5) is 0 Å². The molecule has 0 fully saturated rings. The van der Waals surface area contributed by atoms with Crippen LogP contribution in [-0.2, 0) is 6.42 Å². The third kappa shape index (κ3) is 4.89. The first-order valence-electron chi connectivity index (χ1n) is 9.05. The molecule has 2 aromatic carbocycles. The van der Waals surface area contributed by atoms with Gasteiger partial charge >= 0.3 is 0 Å². The molecule has 0 spiro atoms. The molecule has 0 aliphatic heterocycles. The molecule has 0 aliphatic carbocycles. The van der Waals surface area contributed by atoms with E-state index in [1.54, 1.807) is 18.2 Å². The number of hydrazine groups is 1. The molecule has 5 heteroatoms. The van der Waals surface area contributed by atoms with Crippen molar-refractivity contribution in [1.82, 2.24) is 10.4 Å². The van der Waals surface area contributed by atoms with Crippen molar-refractivity contribution >= 4 is 23.4 Å². The highest BCUT2D eigenvalue weighted by atomic mass is 35.5. The zero-order valence-corrected chi connectivity index (χ0v) is 17.6. The van der Waals surface area contributed by atoms with E-state index in [0.717, 1.165) is 23.1 Å². The number of carbonyl (C=O) groups excluding carboxylic acids is 2. The number of aryl methyl sites for hydroxylation is 3. The molecule has 2 aromatic rings. The number of nitrogens with one attached hydrogen (secondary N) is 1. The minimum atomic E-state index is -0.628. The second kappa shape index (κ2) is 8.13. The van der Waals surface area contributed by atoms with Crippen molar-refractivity contribution in [3.63, 3.8) is 0 Å². The van der Waals surface area contributed by atoms with Gasteiger partial charge < -0.3 is 0 Å². The van der Waals surface area contributed by atoms with Gasteiger partial charge in [0.15, 0.2) is 0 Å². The molecule has 0 saturated heterocycles. The molecule has 0 aromatic heterocycles. The van der Waals surface area contributed by atoms with Gasteiger partial charge in [-0.25, -0.2) is 5.01 Å². The van der Waals surface area contributed by atoms with Gasteiger partial charge in [0.05, 0.1) is 16.1 Å². The van der Waals surface area contributed by atoms with E-state index in [1.165, 1.54) is 5.01 Å². The fraction of sp³-hybridized carbons (Fsp3) is 0.364. The Hall–Kier alpha value is -2.33. The van der Waals surface area contributed by atoms with Crippen LogP contribution in [-0.4, -0.2) is 22.4 Å². The number of hydrogen-bond donors (Lipinski definition) is 1.